The highest BCUT2D eigenvalue weighted by molar-refractivity contribution is 5.79. The molecule has 5 heteroatoms. The fraction of sp³-hybridized carbons (Fsp3) is 0.143. The molecular formula is C14H11F3N2. The Labute approximate surface area is 108 Å². The second kappa shape index (κ2) is 5.65. The van der Waals surface area contributed by atoms with Gasteiger partial charge in [-0.15, -0.1) is 0 Å². The van der Waals surface area contributed by atoms with E-state index in [-0.39, 0.29) is 5.56 Å². The minimum absolute atomic E-state index is 0.121. The molecule has 0 saturated carbocycles. The normalized spacial score (nSPS) is 13.6. The third-order valence-electron chi connectivity index (χ3n) is 2.48. The van der Waals surface area contributed by atoms with E-state index >= 15 is 0 Å². The number of benzene rings is 1. The first kappa shape index (κ1) is 13.3. The van der Waals surface area contributed by atoms with Crippen LogP contribution in [0.4, 0.5) is 13.2 Å². The van der Waals surface area contributed by atoms with Crippen molar-refractivity contribution in [3.8, 4) is 0 Å². The quantitative estimate of drug-likeness (QED) is 0.774. The van der Waals surface area contributed by atoms with Gasteiger partial charge < -0.3 is 0 Å². The Morgan fingerprint density at radius 1 is 1.05 bits per heavy atom. The first-order chi connectivity index (χ1) is 9.07. The largest absolute Gasteiger partial charge is 0.414 e. The number of rotatable bonds is 3. The zero-order valence-corrected chi connectivity index (χ0v) is 9.88. The van der Waals surface area contributed by atoms with Gasteiger partial charge in [-0.05, 0) is 11.6 Å². The molecule has 1 aromatic carbocycles. The molecule has 0 N–H and O–H groups in total. The molecule has 1 unspecified atom stereocenters. The smallest absolute Gasteiger partial charge is 0.275 e. The number of nitrogens with zero attached hydrogens (tertiary/aromatic N) is 2. The SMILES string of the molecule is FC(F)(F)C(N=Cc1cccnc1)c1ccccc1. The highest BCUT2D eigenvalue weighted by Gasteiger charge is 2.40. The Morgan fingerprint density at radius 2 is 1.79 bits per heavy atom. The summed E-state index contributed by atoms with van der Waals surface area (Å²) in [4.78, 5) is 7.47. The van der Waals surface area contributed by atoms with Crippen molar-refractivity contribution in [2.24, 2.45) is 4.99 Å². The molecule has 0 bridgehead atoms. The van der Waals surface area contributed by atoms with E-state index < -0.39 is 12.2 Å². The Hall–Kier alpha value is -2.17. The van der Waals surface area contributed by atoms with Gasteiger partial charge in [0.05, 0.1) is 0 Å². The fourth-order valence-electron chi connectivity index (χ4n) is 1.61. The molecule has 0 radical (unpaired) electrons. The number of aliphatic imine (C=N–C) groups is 1. The van der Waals surface area contributed by atoms with Crippen molar-refractivity contribution < 1.29 is 13.2 Å². The highest BCUT2D eigenvalue weighted by Crippen LogP contribution is 2.35. The Balaban J connectivity index is 2.28. The van der Waals surface area contributed by atoms with Crippen molar-refractivity contribution in [1.82, 2.24) is 4.98 Å². The predicted octanol–water partition coefficient (Wildman–Crippen LogP) is 3.80. The molecule has 0 aliphatic carbocycles. The standard InChI is InChI=1S/C14H11F3N2/c15-14(16,17)13(12-6-2-1-3-7-12)19-10-11-5-4-8-18-9-11/h1-10,13H. The number of aromatic nitrogens is 1. The molecule has 0 amide bonds. The van der Waals surface area contributed by atoms with E-state index in [1.165, 1.54) is 24.5 Å². The summed E-state index contributed by atoms with van der Waals surface area (Å²) in [6.07, 6.45) is -0.212. The van der Waals surface area contributed by atoms with Crippen molar-refractivity contribution in [2.45, 2.75) is 12.2 Å². The molecule has 1 heterocycles. The minimum Gasteiger partial charge on any atom is -0.275 e. The van der Waals surface area contributed by atoms with Gasteiger partial charge in [-0.1, -0.05) is 36.4 Å². The average Bonchev–Trinajstić information content (AvgIpc) is 2.40. The maximum absolute atomic E-state index is 13.0. The molecule has 1 aromatic heterocycles. The maximum atomic E-state index is 13.0. The Morgan fingerprint density at radius 3 is 2.37 bits per heavy atom. The van der Waals surface area contributed by atoms with Gasteiger partial charge >= 0.3 is 6.18 Å². The lowest BCUT2D eigenvalue weighted by Gasteiger charge is -2.16. The van der Waals surface area contributed by atoms with Gasteiger partial charge in [-0.25, -0.2) is 0 Å². The molecule has 19 heavy (non-hydrogen) atoms. The lowest BCUT2D eigenvalue weighted by molar-refractivity contribution is -0.148. The third-order valence-corrected chi connectivity index (χ3v) is 2.48. The lowest BCUT2D eigenvalue weighted by atomic mass is 10.1. The molecule has 98 valence electrons. The lowest BCUT2D eigenvalue weighted by Crippen LogP contribution is -2.19. The number of hydrogen-bond acceptors (Lipinski definition) is 2. The van der Waals surface area contributed by atoms with Crippen molar-refractivity contribution in [2.75, 3.05) is 0 Å². The first-order valence-electron chi connectivity index (χ1n) is 5.62. The van der Waals surface area contributed by atoms with Gasteiger partial charge in [-0.3, -0.25) is 9.98 Å². The van der Waals surface area contributed by atoms with Crippen LogP contribution >= 0.6 is 0 Å². The van der Waals surface area contributed by atoms with Crippen molar-refractivity contribution in [3.63, 3.8) is 0 Å². The van der Waals surface area contributed by atoms with E-state index in [9.17, 15) is 13.2 Å². The van der Waals surface area contributed by atoms with Crippen LogP contribution in [0.2, 0.25) is 0 Å². The first-order valence-corrected chi connectivity index (χ1v) is 5.62. The van der Waals surface area contributed by atoms with Crippen LogP contribution in [0, 0.1) is 0 Å². The fourth-order valence-corrected chi connectivity index (χ4v) is 1.61. The molecule has 1 atom stereocenters. The third kappa shape index (κ3) is 3.64. The minimum atomic E-state index is -4.42. The van der Waals surface area contributed by atoms with Crippen LogP contribution in [-0.4, -0.2) is 17.4 Å². The van der Waals surface area contributed by atoms with E-state index in [1.54, 1.807) is 36.5 Å². The van der Waals surface area contributed by atoms with Crippen molar-refractivity contribution in [3.05, 3.63) is 66.0 Å². The molecular weight excluding hydrogens is 253 g/mol. The molecule has 0 saturated heterocycles. The molecule has 0 spiro atoms. The van der Waals surface area contributed by atoms with E-state index in [1.807, 2.05) is 0 Å². The van der Waals surface area contributed by atoms with Crippen LogP contribution < -0.4 is 0 Å². The van der Waals surface area contributed by atoms with E-state index in [0.717, 1.165) is 0 Å². The van der Waals surface area contributed by atoms with E-state index in [2.05, 4.69) is 9.98 Å². The monoisotopic (exact) mass is 264 g/mol. The van der Waals surface area contributed by atoms with Gasteiger partial charge in [0.25, 0.3) is 0 Å². The summed E-state index contributed by atoms with van der Waals surface area (Å²) in [5.41, 5.74) is 0.655. The van der Waals surface area contributed by atoms with E-state index in [0.29, 0.717) is 5.56 Å². The summed E-state index contributed by atoms with van der Waals surface area (Å²) in [6.45, 7) is 0. The van der Waals surface area contributed by atoms with Gasteiger partial charge in [0.1, 0.15) is 0 Å². The van der Waals surface area contributed by atoms with Gasteiger partial charge in [-0.2, -0.15) is 13.2 Å². The molecule has 2 nitrogen and oxygen atoms in total. The number of alkyl halides is 3. The summed E-state index contributed by atoms with van der Waals surface area (Å²) in [6, 6.07) is 9.07. The zero-order chi connectivity index (χ0) is 13.7. The summed E-state index contributed by atoms with van der Waals surface area (Å²) in [5.74, 6) is 0. The van der Waals surface area contributed by atoms with Crippen LogP contribution in [0.25, 0.3) is 0 Å². The van der Waals surface area contributed by atoms with Crippen LogP contribution in [-0.2, 0) is 0 Å². The second-order valence-corrected chi connectivity index (χ2v) is 3.92. The number of pyridine rings is 1. The molecule has 2 rings (SSSR count). The Kier molecular flexibility index (Phi) is 3.94. The van der Waals surface area contributed by atoms with E-state index in [4.69, 9.17) is 0 Å². The maximum Gasteiger partial charge on any atom is 0.414 e. The molecule has 0 aliphatic rings. The topological polar surface area (TPSA) is 25.2 Å². The summed E-state index contributed by atoms with van der Waals surface area (Å²) >= 11 is 0. The summed E-state index contributed by atoms with van der Waals surface area (Å²) in [5, 5.41) is 0. The number of halogens is 3. The summed E-state index contributed by atoms with van der Waals surface area (Å²) in [7, 11) is 0. The van der Waals surface area contributed by atoms with Gasteiger partial charge in [0.15, 0.2) is 6.04 Å². The van der Waals surface area contributed by atoms with Crippen molar-refractivity contribution >= 4 is 6.21 Å². The van der Waals surface area contributed by atoms with Gasteiger partial charge in [0.2, 0.25) is 0 Å². The second-order valence-electron chi connectivity index (χ2n) is 3.92. The zero-order valence-electron chi connectivity index (χ0n) is 9.88. The van der Waals surface area contributed by atoms with Crippen LogP contribution in [0.15, 0.2) is 59.9 Å². The molecule has 0 fully saturated rings. The van der Waals surface area contributed by atoms with Gasteiger partial charge in [0, 0.05) is 24.2 Å². The molecule has 0 aliphatic heterocycles. The van der Waals surface area contributed by atoms with Crippen LogP contribution in [0.5, 0.6) is 0 Å². The molecule has 2 aromatic rings. The Bertz CT molecular complexity index is 536. The average molecular weight is 264 g/mol. The van der Waals surface area contributed by atoms with Crippen LogP contribution in [0.3, 0.4) is 0 Å². The summed E-state index contributed by atoms with van der Waals surface area (Å²) < 4.78 is 38.9. The van der Waals surface area contributed by atoms with Crippen molar-refractivity contribution in [1.29, 1.82) is 0 Å². The van der Waals surface area contributed by atoms with Crippen LogP contribution in [0.1, 0.15) is 17.2 Å². The number of hydrogen-bond donors (Lipinski definition) is 0. The predicted molar refractivity (Wildman–Crippen MR) is 67.1 cm³/mol. The highest BCUT2D eigenvalue weighted by atomic mass is 19.4.